The van der Waals surface area contributed by atoms with Crippen molar-refractivity contribution in [2.45, 2.75) is 11.4 Å². The Morgan fingerprint density at radius 3 is 2.57 bits per heavy atom. The summed E-state index contributed by atoms with van der Waals surface area (Å²) in [7, 11) is -1.45. The lowest BCUT2D eigenvalue weighted by molar-refractivity contribution is 0.318. The maximum atomic E-state index is 13.4. The van der Waals surface area contributed by atoms with Crippen LogP contribution in [0.4, 0.5) is 0 Å². The van der Waals surface area contributed by atoms with Crippen LogP contribution < -0.4 is 5.30 Å². The number of hydrogen-bond acceptors (Lipinski definition) is 3. The smallest absolute Gasteiger partial charge is 0.302 e. The maximum absolute atomic E-state index is 13.4. The molecule has 0 bridgehead atoms. The molecule has 0 aromatic heterocycles. The third kappa shape index (κ3) is 2.95. The second-order valence-corrected chi connectivity index (χ2v) is 8.51. The van der Waals surface area contributed by atoms with Gasteiger partial charge in [0.05, 0.1) is 5.30 Å². The third-order valence-corrected chi connectivity index (χ3v) is 7.26. The molecule has 1 heterocycles. The maximum Gasteiger partial charge on any atom is 0.302 e. The van der Waals surface area contributed by atoms with Crippen molar-refractivity contribution in [1.29, 1.82) is 0 Å². The average molecular weight is 319 g/mol. The fourth-order valence-corrected chi connectivity index (χ4v) is 5.72. The molecule has 1 aliphatic heterocycles. The summed E-state index contributed by atoms with van der Waals surface area (Å²) in [6.45, 7) is 1.41. The molecule has 3 rings (SSSR count). The summed E-state index contributed by atoms with van der Waals surface area (Å²) in [6.07, 6.45) is 0. The van der Waals surface area contributed by atoms with Gasteiger partial charge in [-0.25, -0.2) is 4.67 Å². The molecular formula is C16H18NO2PS. The third-order valence-electron chi connectivity index (χ3n) is 3.63. The predicted molar refractivity (Wildman–Crippen MR) is 88.3 cm³/mol. The molecule has 0 fully saturated rings. The second-order valence-electron chi connectivity index (χ2n) is 4.88. The summed E-state index contributed by atoms with van der Waals surface area (Å²) in [5, 5.41) is 0.761. The van der Waals surface area contributed by atoms with Gasteiger partial charge in [-0.3, -0.25) is 4.57 Å². The molecule has 0 saturated heterocycles. The van der Waals surface area contributed by atoms with Gasteiger partial charge < -0.3 is 4.52 Å². The molecule has 2 aromatic rings. The standard InChI is InChI=1S/C16H18NO2PS/c1-19-20(18,15-8-3-2-4-9-15)17-11-12-21-16-10-6-5-7-14(16)13-17/h2-10H,11-13H2,1H3/t20-/m0/s1. The first-order valence-electron chi connectivity index (χ1n) is 6.91. The van der Waals surface area contributed by atoms with Crippen LogP contribution in [0.25, 0.3) is 0 Å². The van der Waals surface area contributed by atoms with E-state index in [0.717, 1.165) is 17.6 Å². The van der Waals surface area contributed by atoms with Crippen LogP contribution in [-0.2, 0) is 15.6 Å². The van der Waals surface area contributed by atoms with E-state index in [2.05, 4.69) is 18.2 Å². The zero-order valence-corrected chi connectivity index (χ0v) is 13.6. The van der Waals surface area contributed by atoms with Crippen molar-refractivity contribution in [3.8, 4) is 0 Å². The molecule has 110 valence electrons. The van der Waals surface area contributed by atoms with E-state index in [1.807, 2.05) is 52.8 Å². The molecule has 3 nitrogen and oxygen atoms in total. The van der Waals surface area contributed by atoms with E-state index in [1.54, 1.807) is 0 Å². The molecule has 2 aromatic carbocycles. The van der Waals surface area contributed by atoms with Crippen LogP contribution in [0.5, 0.6) is 0 Å². The lowest BCUT2D eigenvalue weighted by Gasteiger charge is -2.29. The van der Waals surface area contributed by atoms with Gasteiger partial charge in [0.2, 0.25) is 0 Å². The van der Waals surface area contributed by atoms with Crippen LogP contribution >= 0.6 is 19.3 Å². The highest BCUT2D eigenvalue weighted by Gasteiger charge is 2.34. The zero-order chi connectivity index (χ0) is 14.7. The molecule has 0 saturated carbocycles. The van der Waals surface area contributed by atoms with Crippen molar-refractivity contribution in [2.75, 3.05) is 19.4 Å². The number of hydrogen-bond donors (Lipinski definition) is 0. The zero-order valence-electron chi connectivity index (χ0n) is 11.9. The van der Waals surface area contributed by atoms with Crippen LogP contribution in [0.15, 0.2) is 59.5 Å². The molecule has 1 aliphatic rings. The van der Waals surface area contributed by atoms with Crippen molar-refractivity contribution < 1.29 is 9.09 Å². The van der Waals surface area contributed by atoms with Crippen molar-refractivity contribution in [1.82, 2.24) is 4.67 Å². The van der Waals surface area contributed by atoms with E-state index >= 15 is 0 Å². The summed E-state index contributed by atoms with van der Waals surface area (Å²) in [5.74, 6) is 0.914. The Labute approximate surface area is 129 Å². The Kier molecular flexibility index (Phi) is 4.51. The van der Waals surface area contributed by atoms with Crippen LogP contribution in [-0.4, -0.2) is 24.1 Å². The van der Waals surface area contributed by atoms with Gasteiger partial charge in [-0.15, -0.1) is 11.8 Å². The highest BCUT2D eigenvalue weighted by Crippen LogP contribution is 2.51. The first-order valence-corrected chi connectivity index (χ1v) is 9.48. The first kappa shape index (κ1) is 14.9. The monoisotopic (exact) mass is 319 g/mol. The van der Waals surface area contributed by atoms with E-state index in [-0.39, 0.29) is 0 Å². The molecule has 0 aliphatic carbocycles. The minimum atomic E-state index is -2.99. The van der Waals surface area contributed by atoms with Gasteiger partial charge in [0.1, 0.15) is 0 Å². The largest absolute Gasteiger partial charge is 0.317 e. The molecule has 0 spiro atoms. The van der Waals surface area contributed by atoms with Crippen LogP contribution in [0.3, 0.4) is 0 Å². The summed E-state index contributed by atoms with van der Waals surface area (Å²) in [6, 6.07) is 17.8. The summed E-state index contributed by atoms with van der Waals surface area (Å²) in [4.78, 5) is 1.27. The number of fused-ring (bicyclic) bond motifs is 1. The summed E-state index contributed by atoms with van der Waals surface area (Å²) >= 11 is 1.82. The van der Waals surface area contributed by atoms with Crippen LogP contribution in [0, 0.1) is 0 Å². The van der Waals surface area contributed by atoms with Crippen molar-refractivity contribution in [3.63, 3.8) is 0 Å². The summed E-state index contributed by atoms with van der Waals surface area (Å²) < 4.78 is 20.9. The van der Waals surface area contributed by atoms with Gasteiger partial charge >= 0.3 is 7.52 Å². The second kappa shape index (κ2) is 6.37. The minimum absolute atomic E-state index is 0.656. The Hall–Kier alpha value is -1.06. The van der Waals surface area contributed by atoms with E-state index in [9.17, 15) is 4.57 Å². The van der Waals surface area contributed by atoms with Gasteiger partial charge in [0.15, 0.2) is 0 Å². The van der Waals surface area contributed by atoms with Gasteiger partial charge in [-0.05, 0) is 23.8 Å². The molecule has 1 atom stereocenters. The van der Waals surface area contributed by atoms with Gasteiger partial charge in [0, 0.05) is 30.8 Å². The Bertz CT molecular complexity index is 662. The topological polar surface area (TPSA) is 29.5 Å². The van der Waals surface area contributed by atoms with Crippen molar-refractivity contribution >= 4 is 24.6 Å². The van der Waals surface area contributed by atoms with Gasteiger partial charge in [0.25, 0.3) is 0 Å². The Balaban J connectivity index is 1.97. The normalized spacial score (nSPS) is 18.5. The first-order chi connectivity index (χ1) is 10.2. The fraction of sp³-hybridized carbons (Fsp3) is 0.250. The number of rotatable bonds is 3. The average Bonchev–Trinajstić information content (AvgIpc) is 2.77. The van der Waals surface area contributed by atoms with E-state index in [4.69, 9.17) is 4.52 Å². The van der Waals surface area contributed by atoms with Crippen LogP contribution in [0.2, 0.25) is 0 Å². The highest BCUT2D eigenvalue weighted by atomic mass is 32.2. The Morgan fingerprint density at radius 1 is 1.10 bits per heavy atom. The fourth-order valence-electron chi connectivity index (χ4n) is 2.54. The molecular weight excluding hydrogens is 301 g/mol. The predicted octanol–water partition coefficient (Wildman–Crippen LogP) is 3.76. The molecule has 0 amide bonds. The van der Waals surface area contributed by atoms with Crippen molar-refractivity contribution in [2.24, 2.45) is 0 Å². The van der Waals surface area contributed by atoms with Crippen molar-refractivity contribution in [3.05, 3.63) is 60.2 Å². The number of benzene rings is 2. The van der Waals surface area contributed by atoms with E-state index < -0.39 is 7.52 Å². The SMILES string of the molecule is CO[P@@](=O)(c1ccccc1)N1CCSc2ccccc2C1. The molecule has 5 heteroatoms. The summed E-state index contributed by atoms with van der Waals surface area (Å²) in [5.41, 5.74) is 1.22. The molecule has 0 radical (unpaired) electrons. The molecule has 21 heavy (non-hydrogen) atoms. The molecule has 0 unspecified atom stereocenters. The lowest BCUT2D eigenvalue weighted by Crippen LogP contribution is -2.27. The van der Waals surface area contributed by atoms with Gasteiger partial charge in [-0.2, -0.15) is 0 Å². The number of nitrogens with zero attached hydrogens (tertiary/aromatic N) is 1. The highest BCUT2D eigenvalue weighted by molar-refractivity contribution is 7.99. The quantitative estimate of drug-likeness (QED) is 0.806. The lowest BCUT2D eigenvalue weighted by atomic mass is 10.2. The van der Waals surface area contributed by atoms with E-state index in [0.29, 0.717) is 6.54 Å². The number of thioether (sulfide) groups is 1. The minimum Gasteiger partial charge on any atom is -0.317 e. The van der Waals surface area contributed by atoms with Gasteiger partial charge in [-0.1, -0.05) is 36.4 Å². The molecule has 0 N–H and O–H groups in total. The Morgan fingerprint density at radius 2 is 1.81 bits per heavy atom. The van der Waals surface area contributed by atoms with Crippen LogP contribution in [0.1, 0.15) is 5.56 Å². The van der Waals surface area contributed by atoms with E-state index in [1.165, 1.54) is 17.6 Å².